The van der Waals surface area contributed by atoms with E-state index in [1.807, 2.05) is 19.1 Å². The van der Waals surface area contributed by atoms with Crippen molar-refractivity contribution in [1.29, 1.82) is 0 Å². The van der Waals surface area contributed by atoms with E-state index >= 15 is 0 Å². The van der Waals surface area contributed by atoms with Crippen LogP contribution in [0.5, 0.6) is 11.6 Å². The summed E-state index contributed by atoms with van der Waals surface area (Å²) < 4.78 is 10.4. The zero-order chi connectivity index (χ0) is 17.1. The summed E-state index contributed by atoms with van der Waals surface area (Å²) in [7, 11) is 0. The summed E-state index contributed by atoms with van der Waals surface area (Å²) in [5.74, 6) is 1.10. The number of benzene rings is 1. The summed E-state index contributed by atoms with van der Waals surface area (Å²) in [6.45, 7) is 3.64. The van der Waals surface area contributed by atoms with E-state index in [0.29, 0.717) is 17.3 Å². The van der Waals surface area contributed by atoms with Gasteiger partial charge in [0.25, 0.3) is 0 Å². The second-order valence-corrected chi connectivity index (χ2v) is 5.00. The molecule has 0 aliphatic carbocycles. The number of aryl methyl sites for hydroxylation is 2. The number of anilines is 2. The molecule has 9 nitrogen and oxygen atoms in total. The van der Waals surface area contributed by atoms with Gasteiger partial charge in [0, 0.05) is 6.07 Å². The second kappa shape index (κ2) is 6.32. The number of nitrogens with one attached hydrogen (secondary N) is 1. The van der Waals surface area contributed by atoms with Crippen LogP contribution in [0.1, 0.15) is 11.3 Å². The van der Waals surface area contributed by atoms with Crippen molar-refractivity contribution >= 4 is 17.3 Å². The zero-order valence-electron chi connectivity index (χ0n) is 12.9. The SMILES string of the molecule is Cc1ccc(Oc2ncnc(Nc3cc(C)on3)c2[N+](=O)[O-])cc1. The number of nitro groups is 1. The molecule has 0 unspecified atom stereocenters. The van der Waals surface area contributed by atoms with Crippen molar-refractivity contribution < 1.29 is 14.2 Å². The monoisotopic (exact) mass is 327 g/mol. The summed E-state index contributed by atoms with van der Waals surface area (Å²) in [5, 5.41) is 17.9. The molecule has 0 fully saturated rings. The first-order valence-corrected chi connectivity index (χ1v) is 6.97. The van der Waals surface area contributed by atoms with Crippen molar-refractivity contribution in [2.75, 3.05) is 5.32 Å². The van der Waals surface area contributed by atoms with E-state index < -0.39 is 10.6 Å². The first kappa shape index (κ1) is 15.4. The quantitative estimate of drug-likeness (QED) is 0.559. The van der Waals surface area contributed by atoms with E-state index in [9.17, 15) is 10.1 Å². The van der Waals surface area contributed by atoms with Gasteiger partial charge in [-0.05, 0) is 26.0 Å². The molecule has 122 valence electrons. The summed E-state index contributed by atoms with van der Waals surface area (Å²) in [6.07, 6.45) is 1.17. The topological polar surface area (TPSA) is 116 Å². The first-order chi connectivity index (χ1) is 11.5. The van der Waals surface area contributed by atoms with Gasteiger partial charge in [0.15, 0.2) is 5.82 Å². The molecule has 0 radical (unpaired) electrons. The van der Waals surface area contributed by atoms with Gasteiger partial charge < -0.3 is 14.6 Å². The maximum Gasteiger partial charge on any atom is 0.373 e. The van der Waals surface area contributed by atoms with Crippen molar-refractivity contribution in [3.05, 3.63) is 58.1 Å². The van der Waals surface area contributed by atoms with Gasteiger partial charge in [0.2, 0.25) is 5.82 Å². The molecule has 9 heteroatoms. The van der Waals surface area contributed by atoms with Gasteiger partial charge in [-0.2, -0.15) is 4.98 Å². The molecule has 3 rings (SSSR count). The molecule has 2 heterocycles. The summed E-state index contributed by atoms with van der Waals surface area (Å²) in [6, 6.07) is 8.66. The largest absolute Gasteiger partial charge is 0.434 e. The van der Waals surface area contributed by atoms with E-state index in [0.717, 1.165) is 5.56 Å². The molecule has 0 atom stereocenters. The molecule has 2 aromatic heterocycles. The smallest absolute Gasteiger partial charge is 0.373 e. The molecule has 3 aromatic rings. The number of rotatable bonds is 5. The fourth-order valence-corrected chi connectivity index (χ4v) is 1.96. The second-order valence-electron chi connectivity index (χ2n) is 5.00. The molecule has 0 aliphatic rings. The van der Waals surface area contributed by atoms with Crippen LogP contribution in [0.4, 0.5) is 17.3 Å². The van der Waals surface area contributed by atoms with Crippen LogP contribution < -0.4 is 10.1 Å². The molecule has 0 spiro atoms. The van der Waals surface area contributed by atoms with Crippen LogP contribution in [0.2, 0.25) is 0 Å². The van der Waals surface area contributed by atoms with E-state index in [4.69, 9.17) is 9.26 Å². The molecular weight excluding hydrogens is 314 g/mol. The van der Waals surface area contributed by atoms with Gasteiger partial charge in [-0.15, -0.1) is 0 Å². The van der Waals surface area contributed by atoms with Crippen LogP contribution in [-0.4, -0.2) is 20.0 Å². The van der Waals surface area contributed by atoms with Gasteiger partial charge in [-0.3, -0.25) is 10.1 Å². The Morgan fingerprint density at radius 3 is 2.58 bits per heavy atom. The minimum Gasteiger partial charge on any atom is -0.434 e. The number of nitrogens with zero attached hydrogens (tertiary/aromatic N) is 4. The van der Waals surface area contributed by atoms with E-state index in [1.54, 1.807) is 25.1 Å². The van der Waals surface area contributed by atoms with Crippen molar-refractivity contribution in [3.8, 4) is 11.6 Å². The Bertz CT molecular complexity index is 876. The number of hydrogen-bond acceptors (Lipinski definition) is 8. The Kier molecular flexibility index (Phi) is 4.06. The lowest BCUT2D eigenvalue weighted by Crippen LogP contribution is -2.03. The van der Waals surface area contributed by atoms with Crippen molar-refractivity contribution in [3.63, 3.8) is 0 Å². The normalized spacial score (nSPS) is 10.4. The Labute approximate surface area is 136 Å². The number of aromatic nitrogens is 3. The average Bonchev–Trinajstić information content (AvgIpc) is 2.94. The zero-order valence-corrected chi connectivity index (χ0v) is 12.9. The summed E-state index contributed by atoms with van der Waals surface area (Å²) in [5.41, 5.74) is 0.655. The third kappa shape index (κ3) is 3.29. The Morgan fingerprint density at radius 1 is 1.21 bits per heavy atom. The third-order valence-electron chi connectivity index (χ3n) is 3.08. The predicted molar refractivity (Wildman–Crippen MR) is 84.5 cm³/mol. The van der Waals surface area contributed by atoms with E-state index in [-0.39, 0.29) is 11.7 Å². The maximum atomic E-state index is 11.4. The summed E-state index contributed by atoms with van der Waals surface area (Å²) >= 11 is 0. The maximum absolute atomic E-state index is 11.4. The predicted octanol–water partition coefficient (Wildman–Crippen LogP) is 3.53. The summed E-state index contributed by atoms with van der Waals surface area (Å²) in [4.78, 5) is 18.6. The van der Waals surface area contributed by atoms with Gasteiger partial charge >= 0.3 is 11.6 Å². The van der Waals surface area contributed by atoms with Crippen molar-refractivity contribution in [2.45, 2.75) is 13.8 Å². The van der Waals surface area contributed by atoms with Gasteiger partial charge in [0.05, 0.1) is 4.92 Å². The van der Waals surface area contributed by atoms with Crippen LogP contribution in [0.3, 0.4) is 0 Å². The molecule has 0 saturated carbocycles. The van der Waals surface area contributed by atoms with Crippen molar-refractivity contribution in [2.24, 2.45) is 0 Å². The molecule has 0 saturated heterocycles. The average molecular weight is 327 g/mol. The van der Waals surface area contributed by atoms with Crippen LogP contribution in [-0.2, 0) is 0 Å². The molecule has 0 amide bonds. The Hall–Kier alpha value is -3.49. The van der Waals surface area contributed by atoms with Crippen LogP contribution in [0, 0.1) is 24.0 Å². The lowest BCUT2D eigenvalue weighted by Gasteiger charge is -2.08. The minimum atomic E-state index is -0.612. The molecule has 0 aliphatic heterocycles. The Balaban J connectivity index is 1.95. The number of hydrogen-bond donors (Lipinski definition) is 1. The highest BCUT2D eigenvalue weighted by Gasteiger charge is 2.25. The lowest BCUT2D eigenvalue weighted by molar-refractivity contribution is -0.385. The van der Waals surface area contributed by atoms with Gasteiger partial charge in [-0.25, -0.2) is 4.98 Å². The number of ether oxygens (including phenoxy) is 1. The third-order valence-corrected chi connectivity index (χ3v) is 3.08. The van der Waals surface area contributed by atoms with Gasteiger partial charge in [-0.1, -0.05) is 22.9 Å². The van der Waals surface area contributed by atoms with Gasteiger partial charge in [0.1, 0.15) is 17.8 Å². The fraction of sp³-hybridized carbons (Fsp3) is 0.133. The van der Waals surface area contributed by atoms with Crippen LogP contribution >= 0.6 is 0 Å². The van der Waals surface area contributed by atoms with E-state index in [2.05, 4.69) is 20.4 Å². The minimum absolute atomic E-state index is 0.0367. The van der Waals surface area contributed by atoms with Crippen LogP contribution in [0.15, 0.2) is 41.2 Å². The lowest BCUT2D eigenvalue weighted by atomic mass is 10.2. The van der Waals surface area contributed by atoms with Crippen LogP contribution in [0.25, 0.3) is 0 Å². The highest BCUT2D eigenvalue weighted by Crippen LogP contribution is 2.35. The fourth-order valence-electron chi connectivity index (χ4n) is 1.96. The van der Waals surface area contributed by atoms with E-state index in [1.165, 1.54) is 6.33 Å². The first-order valence-electron chi connectivity index (χ1n) is 6.97. The van der Waals surface area contributed by atoms with Crippen molar-refractivity contribution in [1.82, 2.24) is 15.1 Å². The molecule has 1 aromatic carbocycles. The standard InChI is InChI=1S/C15H13N5O4/c1-9-3-5-11(6-4-9)23-15-13(20(21)22)14(16-8-17-15)18-12-7-10(2)24-19-12/h3-8H,1-2H3,(H,16,17,18,19). The molecule has 24 heavy (non-hydrogen) atoms. The molecule has 0 bridgehead atoms. The molecular formula is C15H13N5O4. The highest BCUT2D eigenvalue weighted by atomic mass is 16.6. The highest BCUT2D eigenvalue weighted by molar-refractivity contribution is 5.67. The molecule has 1 N–H and O–H groups in total. The Morgan fingerprint density at radius 2 is 1.96 bits per heavy atom.